The Hall–Kier alpha value is -1.26. The molecule has 0 amide bonds. The van der Waals surface area contributed by atoms with Crippen LogP contribution in [-0.2, 0) is 0 Å². The van der Waals surface area contributed by atoms with E-state index in [2.05, 4.69) is 11.0 Å². The first-order valence-electron chi connectivity index (χ1n) is 9.37. The number of methoxy groups -OCH3 is 2. The Balaban J connectivity index is 1.70. The predicted molar refractivity (Wildman–Crippen MR) is 95.7 cm³/mol. The zero-order chi connectivity index (χ0) is 16.9. The fourth-order valence-corrected chi connectivity index (χ4v) is 4.13. The Bertz CT molecular complexity index is 530. The molecule has 3 rings (SSSR count). The van der Waals surface area contributed by atoms with E-state index in [0.717, 1.165) is 48.9 Å². The molecule has 1 aliphatic heterocycles. The van der Waals surface area contributed by atoms with E-state index in [0.29, 0.717) is 0 Å². The van der Waals surface area contributed by atoms with E-state index in [1.807, 2.05) is 12.1 Å². The maximum atomic E-state index is 10.6. The number of rotatable bonds is 7. The van der Waals surface area contributed by atoms with Crippen molar-refractivity contribution in [3.05, 3.63) is 23.8 Å². The molecule has 4 heteroatoms. The van der Waals surface area contributed by atoms with Crippen molar-refractivity contribution in [1.82, 2.24) is 4.90 Å². The lowest BCUT2D eigenvalue weighted by Crippen LogP contribution is -2.42. The molecule has 2 fully saturated rings. The first-order valence-corrected chi connectivity index (χ1v) is 9.37. The van der Waals surface area contributed by atoms with E-state index >= 15 is 0 Å². The molecule has 2 aliphatic rings. The maximum absolute atomic E-state index is 10.6. The average molecular weight is 333 g/mol. The summed E-state index contributed by atoms with van der Waals surface area (Å²) in [7, 11) is 3.31. The van der Waals surface area contributed by atoms with E-state index in [-0.39, 0.29) is 12.1 Å². The average Bonchev–Trinajstić information content (AvgIpc) is 2.56. The van der Waals surface area contributed by atoms with Gasteiger partial charge in [-0.25, -0.2) is 0 Å². The summed E-state index contributed by atoms with van der Waals surface area (Å²) in [6, 6.07) is 6.11. The minimum atomic E-state index is -0.305. The summed E-state index contributed by atoms with van der Waals surface area (Å²) < 4.78 is 10.8. The third kappa shape index (κ3) is 3.86. The zero-order valence-corrected chi connectivity index (χ0v) is 15.0. The lowest BCUT2D eigenvalue weighted by molar-refractivity contribution is 0.00785. The van der Waals surface area contributed by atoms with Gasteiger partial charge in [0.1, 0.15) is 0 Å². The molecule has 1 heterocycles. The second-order valence-electron chi connectivity index (χ2n) is 7.24. The van der Waals surface area contributed by atoms with Crippen LogP contribution < -0.4 is 9.47 Å². The van der Waals surface area contributed by atoms with Crippen LogP contribution >= 0.6 is 0 Å². The standard InChI is InChI=1S/C20H31NO3/c1-23-18-11-10-16(14-19(18)24-2)20-17(22)9-5-13-21(20)12-4-8-15-6-3-7-15/h10-11,14-15,17,20,22H,3-9,12-13H2,1-2H3/t17-,20-/m0/s1. The van der Waals surface area contributed by atoms with Crippen molar-refractivity contribution < 1.29 is 14.6 Å². The van der Waals surface area contributed by atoms with E-state index < -0.39 is 0 Å². The number of likely N-dealkylation sites (tertiary alicyclic amines) is 1. The van der Waals surface area contributed by atoms with Crippen molar-refractivity contribution in [3.8, 4) is 11.5 Å². The van der Waals surface area contributed by atoms with Crippen LogP contribution in [-0.4, -0.2) is 43.4 Å². The van der Waals surface area contributed by atoms with Crippen LogP contribution in [0.15, 0.2) is 18.2 Å². The first kappa shape index (κ1) is 17.6. The topological polar surface area (TPSA) is 41.9 Å². The van der Waals surface area contributed by atoms with Gasteiger partial charge in [-0.1, -0.05) is 25.3 Å². The second kappa shape index (κ2) is 8.21. The van der Waals surface area contributed by atoms with E-state index in [4.69, 9.17) is 9.47 Å². The molecule has 1 saturated heterocycles. The number of aliphatic hydroxyl groups excluding tert-OH is 1. The third-order valence-electron chi connectivity index (χ3n) is 5.73. The molecule has 0 unspecified atom stereocenters. The minimum absolute atomic E-state index is 0.0694. The van der Waals surface area contributed by atoms with Gasteiger partial charge in [-0.3, -0.25) is 4.90 Å². The molecule has 1 aromatic rings. The fourth-order valence-electron chi connectivity index (χ4n) is 4.13. The highest BCUT2D eigenvalue weighted by Crippen LogP contribution is 2.37. The third-order valence-corrected chi connectivity index (χ3v) is 5.73. The number of hydrogen-bond acceptors (Lipinski definition) is 4. The van der Waals surface area contributed by atoms with Gasteiger partial charge >= 0.3 is 0 Å². The number of nitrogens with zero attached hydrogens (tertiary/aromatic N) is 1. The van der Waals surface area contributed by atoms with Gasteiger partial charge in [-0.05, 0) is 62.4 Å². The van der Waals surface area contributed by atoms with E-state index in [1.54, 1.807) is 14.2 Å². The second-order valence-corrected chi connectivity index (χ2v) is 7.24. The molecule has 0 radical (unpaired) electrons. The van der Waals surface area contributed by atoms with Crippen LogP contribution in [0, 0.1) is 5.92 Å². The molecule has 134 valence electrons. The van der Waals surface area contributed by atoms with Crippen LogP contribution in [0.1, 0.15) is 56.6 Å². The molecule has 0 spiro atoms. The van der Waals surface area contributed by atoms with Gasteiger partial charge in [0.25, 0.3) is 0 Å². The van der Waals surface area contributed by atoms with Crippen molar-refractivity contribution in [3.63, 3.8) is 0 Å². The summed E-state index contributed by atoms with van der Waals surface area (Å²) in [4.78, 5) is 2.47. The van der Waals surface area contributed by atoms with Gasteiger partial charge in [-0.2, -0.15) is 0 Å². The summed E-state index contributed by atoms with van der Waals surface area (Å²) in [5.74, 6) is 2.43. The molecule has 4 nitrogen and oxygen atoms in total. The van der Waals surface area contributed by atoms with Crippen molar-refractivity contribution in [2.24, 2.45) is 5.92 Å². The molecule has 2 atom stereocenters. The fraction of sp³-hybridized carbons (Fsp3) is 0.700. The van der Waals surface area contributed by atoms with Crippen LogP contribution in [0.3, 0.4) is 0 Å². The summed E-state index contributed by atoms with van der Waals surface area (Å²) in [5, 5.41) is 10.6. The van der Waals surface area contributed by atoms with Crippen LogP contribution in [0.2, 0.25) is 0 Å². The highest BCUT2D eigenvalue weighted by atomic mass is 16.5. The summed E-state index contributed by atoms with van der Waals surface area (Å²) in [6.07, 6.45) is 8.48. The highest BCUT2D eigenvalue weighted by molar-refractivity contribution is 5.44. The smallest absolute Gasteiger partial charge is 0.161 e. The van der Waals surface area contributed by atoms with Crippen LogP contribution in [0.4, 0.5) is 0 Å². The number of ether oxygens (including phenoxy) is 2. The molecule has 24 heavy (non-hydrogen) atoms. The maximum Gasteiger partial charge on any atom is 0.161 e. The van der Waals surface area contributed by atoms with E-state index in [1.165, 1.54) is 32.1 Å². The van der Waals surface area contributed by atoms with Gasteiger partial charge in [0.05, 0.1) is 26.4 Å². The number of piperidine rings is 1. The van der Waals surface area contributed by atoms with Crippen LogP contribution in [0.25, 0.3) is 0 Å². The van der Waals surface area contributed by atoms with Crippen molar-refractivity contribution >= 4 is 0 Å². The van der Waals surface area contributed by atoms with Crippen molar-refractivity contribution in [1.29, 1.82) is 0 Å². The lowest BCUT2D eigenvalue weighted by atomic mass is 9.82. The molecule has 1 aromatic carbocycles. The number of benzene rings is 1. The molecule has 1 saturated carbocycles. The normalized spacial score (nSPS) is 25.3. The molecule has 1 N–H and O–H groups in total. The van der Waals surface area contributed by atoms with Gasteiger partial charge in [-0.15, -0.1) is 0 Å². The molecular formula is C20H31NO3. The summed E-state index contributed by atoms with van der Waals surface area (Å²) >= 11 is 0. The molecule has 0 bridgehead atoms. The van der Waals surface area contributed by atoms with Crippen LogP contribution in [0.5, 0.6) is 11.5 Å². The first-order chi connectivity index (χ1) is 11.7. The van der Waals surface area contributed by atoms with Crippen molar-refractivity contribution in [2.45, 2.75) is 57.1 Å². The molecule has 0 aromatic heterocycles. The largest absolute Gasteiger partial charge is 0.493 e. The predicted octanol–water partition coefficient (Wildman–Crippen LogP) is 3.78. The zero-order valence-electron chi connectivity index (χ0n) is 15.0. The Morgan fingerprint density at radius 2 is 1.88 bits per heavy atom. The van der Waals surface area contributed by atoms with Gasteiger partial charge in [0, 0.05) is 0 Å². The quantitative estimate of drug-likeness (QED) is 0.824. The number of hydrogen-bond donors (Lipinski definition) is 1. The highest BCUT2D eigenvalue weighted by Gasteiger charge is 2.32. The Morgan fingerprint density at radius 3 is 2.54 bits per heavy atom. The van der Waals surface area contributed by atoms with Gasteiger partial charge in [0.2, 0.25) is 0 Å². The van der Waals surface area contributed by atoms with Crippen molar-refractivity contribution in [2.75, 3.05) is 27.3 Å². The Kier molecular flexibility index (Phi) is 6.01. The lowest BCUT2D eigenvalue weighted by Gasteiger charge is -2.40. The minimum Gasteiger partial charge on any atom is -0.493 e. The molecular weight excluding hydrogens is 302 g/mol. The summed E-state index contributed by atoms with van der Waals surface area (Å²) in [5.41, 5.74) is 1.13. The Morgan fingerprint density at radius 1 is 1.08 bits per heavy atom. The SMILES string of the molecule is COc1ccc([C@H]2[C@@H](O)CCCN2CCCC2CCC2)cc1OC. The molecule has 1 aliphatic carbocycles. The van der Waals surface area contributed by atoms with Gasteiger partial charge < -0.3 is 14.6 Å². The summed E-state index contributed by atoms with van der Waals surface area (Å²) in [6.45, 7) is 2.15. The Labute approximate surface area is 145 Å². The monoisotopic (exact) mass is 333 g/mol. The number of aliphatic hydroxyl groups is 1. The van der Waals surface area contributed by atoms with Gasteiger partial charge in [0.15, 0.2) is 11.5 Å². The van der Waals surface area contributed by atoms with E-state index in [9.17, 15) is 5.11 Å².